The van der Waals surface area contributed by atoms with E-state index in [9.17, 15) is 9.90 Å². The average molecular weight is 248 g/mol. The molecule has 0 amide bonds. The Kier molecular flexibility index (Phi) is 3.45. The minimum Gasteiger partial charge on any atom is -0.478 e. The highest BCUT2D eigenvalue weighted by Crippen LogP contribution is 2.32. The third kappa shape index (κ3) is 2.28. The van der Waals surface area contributed by atoms with Gasteiger partial charge in [0.1, 0.15) is 0 Å². The molecule has 18 heavy (non-hydrogen) atoms. The first-order valence-electron chi connectivity index (χ1n) is 6.42. The SMILES string of the molecule is CC1CCCC(C)N1c1cc(N)ccc1C(=O)O. The van der Waals surface area contributed by atoms with Crippen LogP contribution in [0.1, 0.15) is 43.5 Å². The molecular formula is C14H20N2O2. The van der Waals surface area contributed by atoms with Gasteiger partial charge in [-0.2, -0.15) is 0 Å². The Hall–Kier alpha value is -1.71. The number of benzene rings is 1. The van der Waals surface area contributed by atoms with Gasteiger partial charge in [-0.3, -0.25) is 0 Å². The molecule has 1 aliphatic heterocycles. The van der Waals surface area contributed by atoms with Crippen molar-refractivity contribution in [2.24, 2.45) is 0 Å². The molecule has 0 radical (unpaired) electrons. The van der Waals surface area contributed by atoms with Gasteiger partial charge >= 0.3 is 5.97 Å². The van der Waals surface area contributed by atoms with Gasteiger partial charge in [0.05, 0.1) is 11.3 Å². The Morgan fingerprint density at radius 2 is 1.94 bits per heavy atom. The summed E-state index contributed by atoms with van der Waals surface area (Å²) in [4.78, 5) is 13.5. The lowest BCUT2D eigenvalue weighted by Gasteiger charge is -2.41. The zero-order valence-corrected chi connectivity index (χ0v) is 10.9. The molecule has 0 aromatic heterocycles. The van der Waals surface area contributed by atoms with Gasteiger partial charge in [-0.05, 0) is 51.3 Å². The standard InChI is InChI=1S/C14H20N2O2/c1-9-4-3-5-10(2)16(9)13-8-11(15)6-7-12(13)14(17)18/h6-10H,3-5,15H2,1-2H3,(H,17,18). The Bertz CT molecular complexity index is 449. The molecule has 1 aromatic carbocycles. The number of piperidine rings is 1. The third-order valence-electron chi connectivity index (χ3n) is 3.72. The summed E-state index contributed by atoms with van der Waals surface area (Å²) in [5.74, 6) is -0.894. The number of rotatable bonds is 2. The summed E-state index contributed by atoms with van der Waals surface area (Å²) >= 11 is 0. The third-order valence-corrected chi connectivity index (χ3v) is 3.72. The second kappa shape index (κ2) is 4.88. The highest BCUT2D eigenvalue weighted by atomic mass is 16.4. The number of carboxylic acid groups (broad SMARTS) is 1. The molecule has 0 aliphatic carbocycles. The van der Waals surface area contributed by atoms with Gasteiger partial charge in [0.25, 0.3) is 0 Å². The molecule has 1 saturated heterocycles. The zero-order valence-electron chi connectivity index (χ0n) is 10.9. The Morgan fingerprint density at radius 3 is 2.50 bits per heavy atom. The summed E-state index contributed by atoms with van der Waals surface area (Å²) in [6.45, 7) is 4.29. The van der Waals surface area contributed by atoms with E-state index in [0.29, 0.717) is 23.3 Å². The van der Waals surface area contributed by atoms with E-state index in [4.69, 9.17) is 5.73 Å². The van der Waals surface area contributed by atoms with Gasteiger partial charge in [-0.25, -0.2) is 4.79 Å². The van der Waals surface area contributed by atoms with Crippen LogP contribution < -0.4 is 10.6 Å². The number of nitrogens with zero attached hydrogens (tertiary/aromatic N) is 1. The van der Waals surface area contributed by atoms with Gasteiger partial charge in [0, 0.05) is 17.8 Å². The highest BCUT2D eigenvalue weighted by molar-refractivity contribution is 5.95. The van der Waals surface area contributed by atoms with E-state index in [0.717, 1.165) is 18.5 Å². The number of carbonyl (C=O) groups is 1. The van der Waals surface area contributed by atoms with Crippen molar-refractivity contribution in [2.45, 2.75) is 45.2 Å². The van der Waals surface area contributed by atoms with Crippen LogP contribution in [-0.4, -0.2) is 23.2 Å². The van der Waals surface area contributed by atoms with Crippen molar-refractivity contribution in [3.8, 4) is 0 Å². The van der Waals surface area contributed by atoms with E-state index < -0.39 is 5.97 Å². The molecule has 1 aromatic rings. The van der Waals surface area contributed by atoms with Gasteiger partial charge in [-0.1, -0.05) is 0 Å². The van der Waals surface area contributed by atoms with E-state index in [1.165, 1.54) is 6.42 Å². The number of nitrogen functional groups attached to an aromatic ring is 1. The quantitative estimate of drug-likeness (QED) is 0.790. The first kappa shape index (κ1) is 12.7. The number of hydrogen-bond donors (Lipinski definition) is 2. The Balaban J connectivity index is 2.47. The predicted octanol–water partition coefficient (Wildman–Crippen LogP) is 2.73. The Morgan fingerprint density at radius 1 is 1.33 bits per heavy atom. The lowest BCUT2D eigenvalue weighted by Crippen LogP contribution is -2.44. The topological polar surface area (TPSA) is 66.6 Å². The summed E-state index contributed by atoms with van der Waals surface area (Å²) < 4.78 is 0. The van der Waals surface area contributed by atoms with Crippen LogP contribution in [-0.2, 0) is 0 Å². The van der Waals surface area contributed by atoms with Gasteiger partial charge in [0.15, 0.2) is 0 Å². The molecule has 1 fully saturated rings. The van der Waals surface area contributed by atoms with Crippen molar-refractivity contribution < 1.29 is 9.90 Å². The summed E-state index contributed by atoms with van der Waals surface area (Å²) in [5, 5.41) is 9.29. The summed E-state index contributed by atoms with van der Waals surface area (Å²) in [5.41, 5.74) is 7.51. The van der Waals surface area contributed by atoms with Crippen molar-refractivity contribution >= 4 is 17.3 Å². The van der Waals surface area contributed by atoms with Crippen LogP contribution in [0.3, 0.4) is 0 Å². The first-order valence-corrected chi connectivity index (χ1v) is 6.42. The molecular weight excluding hydrogens is 228 g/mol. The second-order valence-corrected chi connectivity index (χ2v) is 5.12. The van der Waals surface area contributed by atoms with Crippen LogP contribution in [0, 0.1) is 0 Å². The van der Waals surface area contributed by atoms with Crippen molar-refractivity contribution in [3.05, 3.63) is 23.8 Å². The fourth-order valence-electron chi connectivity index (χ4n) is 2.84. The molecule has 98 valence electrons. The molecule has 1 aliphatic rings. The number of nitrogens with two attached hydrogens (primary N) is 1. The van der Waals surface area contributed by atoms with E-state index in [1.807, 2.05) is 0 Å². The van der Waals surface area contributed by atoms with Crippen LogP contribution in [0.2, 0.25) is 0 Å². The summed E-state index contributed by atoms with van der Waals surface area (Å²) in [6.07, 6.45) is 3.39. The van der Waals surface area contributed by atoms with E-state index in [-0.39, 0.29) is 0 Å². The fourth-order valence-corrected chi connectivity index (χ4v) is 2.84. The summed E-state index contributed by atoms with van der Waals surface area (Å²) in [6, 6.07) is 5.73. The van der Waals surface area contributed by atoms with E-state index in [2.05, 4.69) is 18.7 Å². The van der Waals surface area contributed by atoms with Gasteiger partial charge < -0.3 is 15.7 Å². The minimum atomic E-state index is -0.894. The fraction of sp³-hybridized carbons (Fsp3) is 0.500. The zero-order chi connectivity index (χ0) is 13.3. The molecule has 1 heterocycles. The predicted molar refractivity (Wildman–Crippen MR) is 73.1 cm³/mol. The van der Waals surface area contributed by atoms with Gasteiger partial charge in [0.2, 0.25) is 0 Å². The second-order valence-electron chi connectivity index (χ2n) is 5.12. The molecule has 4 heteroatoms. The van der Waals surface area contributed by atoms with E-state index in [1.54, 1.807) is 18.2 Å². The number of carboxylic acids is 1. The number of anilines is 2. The molecule has 0 bridgehead atoms. The van der Waals surface area contributed by atoms with Crippen LogP contribution in [0.4, 0.5) is 11.4 Å². The lowest BCUT2D eigenvalue weighted by molar-refractivity contribution is 0.0697. The number of hydrogen-bond acceptors (Lipinski definition) is 3. The maximum absolute atomic E-state index is 11.3. The average Bonchev–Trinajstić information content (AvgIpc) is 2.28. The highest BCUT2D eigenvalue weighted by Gasteiger charge is 2.28. The van der Waals surface area contributed by atoms with Crippen molar-refractivity contribution in [1.82, 2.24) is 0 Å². The number of aromatic carboxylic acids is 1. The van der Waals surface area contributed by atoms with Gasteiger partial charge in [-0.15, -0.1) is 0 Å². The lowest BCUT2D eigenvalue weighted by atomic mass is 9.95. The molecule has 4 nitrogen and oxygen atoms in total. The maximum atomic E-state index is 11.3. The smallest absolute Gasteiger partial charge is 0.337 e. The largest absolute Gasteiger partial charge is 0.478 e. The minimum absolute atomic E-state index is 0.338. The van der Waals surface area contributed by atoms with Crippen LogP contribution in [0.15, 0.2) is 18.2 Å². The van der Waals surface area contributed by atoms with Crippen molar-refractivity contribution in [1.29, 1.82) is 0 Å². The molecule has 3 N–H and O–H groups in total. The van der Waals surface area contributed by atoms with E-state index >= 15 is 0 Å². The summed E-state index contributed by atoms with van der Waals surface area (Å²) in [7, 11) is 0. The van der Waals surface area contributed by atoms with Crippen LogP contribution in [0.5, 0.6) is 0 Å². The molecule has 2 atom stereocenters. The molecule has 2 rings (SSSR count). The van der Waals surface area contributed by atoms with Crippen LogP contribution in [0.25, 0.3) is 0 Å². The molecule has 2 unspecified atom stereocenters. The normalized spacial score (nSPS) is 24.0. The van der Waals surface area contributed by atoms with Crippen molar-refractivity contribution in [3.63, 3.8) is 0 Å². The maximum Gasteiger partial charge on any atom is 0.337 e. The molecule has 0 spiro atoms. The van der Waals surface area contributed by atoms with Crippen LogP contribution >= 0.6 is 0 Å². The molecule has 0 saturated carbocycles. The first-order chi connectivity index (χ1) is 8.50. The Labute approximate surface area is 107 Å². The van der Waals surface area contributed by atoms with Crippen molar-refractivity contribution in [2.75, 3.05) is 10.6 Å². The monoisotopic (exact) mass is 248 g/mol.